The number of benzene rings is 2. The van der Waals surface area contributed by atoms with E-state index in [0.717, 1.165) is 11.3 Å². The third kappa shape index (κ3) is 4.79. The Bertz CT molecular complexity index is 911. The molecule has 1 heterocycles. The zero-order valence-electron chi connectivity index (χ0n) is 15.2. The van der Waals surface area contributed by atoms with Crippen LogP contribution in [-0.2, 0) is 16.1 Å². The van der Waals surface area contributed by atoms with E-state index in [9.17, 15) is 19.7 Å². The molecule has 0 atom stereocenters. The molecule has 0 unspecified atom stereocenters. The molecule has 0 spiro atoms. The number of nitrogens with zero attached hydrogens (tertiary/aromatic N) is 3. The molecule has 0 bridgehead atoms. The quantitative estimate of drug-likeness (QED) is 0.589. The van der Waals surface area contributed by atoms with Crippen LogP contribution in [0.1, 0.15) is 30.4 Å². The summed E-state index contributed by atoms with van der Waals surface area (Å²) < 4.78 is 0. The number of hydrazone groups is 1. The van der Waals surface area contributed by atoms with Gasteiger partial charge in [-0.3, -0.25) is 19.7 Å². The van der Waals surface area contributed by atoms with Gasteiger partial charge in [-0.25, -0.2) is 5.01 Å². The van der Waals surface area contributed by atoms with E-state index < -0.39 is 4.92 Å². The minimum absolute atomic E-state index is 0.00611. The fourth-order valence-corrected chi connectivity index (χ4v) is 2.94. The molecule has 0 radical (unpaired) electrons. The van der Waals surface area contributed by atoms with Crippen LogP contribution < -0.4 is 5.32 Å². The van der Waals surface area contributed by atoms with E-state index in [1.54, 1.807) is 18.2 Å². The van der Waals surface area contributed by atoms with Crippen molar-refractivity contribution in [2.24, 2.45) is 5.10 Å². The molecule has 0 aromatic heterocycles. The molecule has 8 heteroatoms. The van der Waals surface area contributed by atoms with Gasteiger partial charge in [-0.15, -0.1) is 0 Å². The summed E-state index contributed by atoms with van der Waals surface area (Å²) in [4.78, 5) is 34.8. The highest BCUT2D eigenvalue weighted by atomic mass is 16.6. The van der Waals surface area contributed by atoms with Crippen molar-refractivity contribution in [3.63, 3.8) is 0 Å². The predicted octanol–water partition coefficient (Wildman–Crippen LogP) is 2.63. The highest BCUT2D eigenvalue weighted by molar-refractivity contribution is 6.02. The van der Waals surface area contributed by atoms with E-state index in [-0.39, 0.29) is 36.9 Å². The summed E-state index contributed by atoms with van der Waals surface area (Å²) >= 11 is 0. The zero-order valence-corrected chi connectivity index (χ0v) is 15.2. The zero-order chi connectivity index (χ0) is 19.9. The van der Waals surface area contributed by atoms with Gasteiger partial charge in [0, 0.05) is 37.4 Å². The lowest BCUT2D eigenvalue weighted by Crippen LogP contribution is -2.27. The predicted molar refractivity (Wildman–Crippen MR) is 103 cm³/mol. The number of hydrogen-bond donors (Lipinski definition) is 1. The van der Waals surface area contributed by atoms with Gasteiger partial charge in [0.1, 0.15) is 0 Å². The first kappa shape index (κ1) is 19.2. The Morgan fingerprint density at radius 1 is 1.07 bits per heavy atom. The Morgan fingerprint density at radius 2 is 1.79 bits per heavy atom. The van der Waals surface area contributed by atoms with Gasteiger partial charge < -0.3 is 5.32 Å². The number of nitro benzene ring substituents is 1. The molecule has 1 aliphatic heterocycles. The molecule has 2 aromatic rings. The number of amides is 2. The summed E-state index contributed by atoms with van der Waals surface area (Å²) in [5.74, 6) is -0.551. The van der Waals surface area contributed by atoms with Gasteiger partial charge in [0.2, 0.25) is 11.8 Å². The average molecular weight is 380 g/mol. The Labute approximate surface area is 162 Å². The first-order valence-corrected chi connectivity index (χ1v) is 8.97. The van der Waals surface area contributed by atoms with Crippen LogP contribution in [-0.4, -0.2) is 34.0 Å². The maximum Gasteiger partial charge on any atom is 0.274 e. The van der Waals surface area contributed by atoms with Crippen molar-refractivity contribution in [2.75, 3.05) is 6.54 Å². The van der Waals surface area contributed by atoms with Gasteiger partial charge >= 0.3 is 0 Å². The SMILES string of the molecule is O=C(CCC(=O)N1CCC(c2ccccc2)=N1)NCc1ccccc1[N+](=O)[O-]. The van der Waals surface area contributed by atoms with Gasteiger partial charge in [0.25, 0.3) is 5.69 Å². The number of carbonyl (C=O) groups is 2. The van der Waals surface area contributed by atoms with Crippen molar-refractivity contribution < 1.29 is 14.5 Å². The minimum Gasteiger partial charge on any atom is -0.352 e. The summed E-state index contributed by atoms with van der Waals surface area (Å²) in [6.07, 6.45) is 0.722. The molecule has 0 saturated carbocycles. The summed E-state index contributed by atoms with van der Waals surface area (Å²) in [6, 6.07) is 15.9. The van der Waals surface area contributed by atoms with Crippen molar-refractivity contribution in [3.05, 3.63) is 75.8 Å². The largest absolute Gasteiger partial charge is 0.352 e. The molecular weight excluding hydrogens is 360 g/mol. The average Bonchev–Trinajstić information content (AvgIpc) is 3.21. The highest BCUT2D eigenvalue weighted by Gasteiger charge is 2.22. The molecular formula is C20H20N4O4. The monoisotopic (exact) mass is 380 g/mol. The van der Waals surface area contributed by atoms with Gasteiger partial charge in [-0.2, -0.15) is 5.10 Å². The van der Waals surface area contributed by atoms with Crippen LogP contribution in [0, 0.1) is 10.1 Å². The van der Waals surface area contributed by atoms with Gasteiger partial charge in [-0.05, 0) is 5.56 Å². The second-order valence-electron chi connectivity index (χ2n) is 6.34. The molecule has 0 fully saturated rings. The highest BCUT2D eigenvalue weighted by Crippen LogP contribution is 2.17. The van der Waals surface area contributed by atoms with Crippen molar-refractivity contribution >= 4 is 23.2 Å². The Morgan fingerprint density at radius 3 is 2.54 bits per heavy atom. The Hall–Kier alpha value is -3.55. The number of hydrogen-bond acceptors (Lipinski definition) is 5. The third-order valence-electron chi connectivity index (χ3n) is 4.43. The minimum atomic E-state index is -0.485. The van der Waals surface area contributed by atoms with Crippen LogP contribution in [0.3, 0.4) is 0 Å². The first-order valence-electron chi connectivity index (χ1n) is 8.97. The standard InChI is InChI=1S/C20H20N4O4/c25-19(21-14-16-8-4-5-9-18(16)24(27)28)10-11-20(26)23-13-12-17(22-23)15-6-2-1-3-7-15/h1-9H,10-14H2,(H,21,25). The van der Waals surface area contributed by atoms with Crippen molar-refractivity contribution in [2.45, 2.75) is 25.8 Å². The molecule has 28 heavy (non-hydrogen) atoms. The fourth-order valence-electron chi connectivity index (χ4n) is 2.94. The van der Waals surface area contributed by atoms with Crippen LogP contribution >= 0.6 is 0 Å². The van der Waals surface area contributed by atoms with Crippen LogP contribution in [0.2, 0.25) is 0 Å². The number of rotatable bonds is 7. The van der Waals surface area contributed by atoms with E-state index >= 15 is 0 Å². The normalized spacial score (nSPS) is 13.1. The maximum atomic E-state index is 12.3. The van der Waals surface area contributed by atoms with E-state index in [1.165, 1.54) is 11.1 Å². The maximum absolute atomic E-state index is 12.3. The van der Waals surface area contributed by atoms with Gasteiger partial charge in [-0.1, -0.05) is 48.5 Å². The van der Waals surface area contributed by atoms with E-state index in [2.05, 4.69) is 10.4 Å². The number of nitrogens with one attached hydrogen (secondary N) is 1. The van der Waals surface area contributed by atoms with E-state index in [1.807, 2.05) is 30.3 Å². The molecule has 1 aliphatic rings. The van der Waals surface area contributed by atoms with E-state index in [0.29, 0.717) is 18.5 Å². The Kier molecular flexibility index (Phi) is 6.11. The van der Waals surface area contributed by atoms with Crippen molar-refractivity contribution in [1.29, 1.82) is 0 Å². The summed E-state index contributed by atoms with van der Waals surface area (Å²) in [6.45, 7) is 0.547. The molecule has 8 nitrogen and oxygen atoms in total. The lowest BCUT2D eigenvalue weighted by atomic mass is 10.1. The lowest BCUT2D eigenvalue weighted by Gasteiger charge is -2.11. The topological polar surface area (TPSA) is 105 Å². The van der Waals surface area contributed by atoms with E-state index in [4.69, 9.17) is 0 Å². The molecule has 2 amide bonds. The van der Waals surface area contributed by atoms with Gasteiger partial charge in [0.05, 0.1) is 17.2 Å². The first-order chi connectivity index (χ1) is 13.5. The summed E-state index contributed by atoms with van der Waals surface area (Å²) in [7, 11) is 0. The Balaban J connectivity index is 1.48. The van der Waals surface area contributed by atoms with Gasteiger partial charge in [0.15, 0.2) is 0 Å². The molecule has 1 N–H and O–H groups in total. The smallest absolute Gasteiger partial charge is 0.274 e. The number of para-hydroxylation sites is 1. The molecule has 3 rings (SSSR count). The van der Waals surface area contributed by atoms with Crippen LogP contribution in [0.25, 0.3) is 0 Å². The second kappa shape index (κ2) is 8.90. The molecule has 0 saturated heterocycles. The van der Waals surface area contributed by atoms with Crippen molar-refractivity contribution in [3.8, 4) is 0 Å². The summed E-state index contributed by atoms with van der Waals surface area (Å²) in [5.41, 5.74) is 2.22. The van der Waals surface area contributed by atoms with Crippen LogP contribution in [0.15, 0.2) is 59.7 Å². The van der Waals surface area contributed by atoms with Crippen molar-refractivity contribution in [1.82, 2.24) is 10.3 Å². The molecule has 144 valence electrons. The second-order valence-corrected chi connectivity index (χ2v) is 6.34. The molecule has 0 aliphatic carbocycles. The van der Waals surface area contributed by atoms with Crippen LogP contribution in [0.4, 0.5) is 5.69 Å². The fraction of sp³-hybridized carbons (Fsp3) is 0.250. The number of carbonyl (C=O) groups excluding carboxylic acids is 2. The van der Waals surface area contributed by atoms with Crippen LogP contribution in [0.5, 0.6) is 0 Å². The number of nitro groups is 1. The summed E-state index contributed by atoms with van der Waals surface area (Å²) in [5, 5.41) is 19.4. The lowest BCUT2D eigenvalue weighted by molar-refractivity contribution is -0.385. The third-order valence-corrected chi connectivity index (χ3v) is 4.43. The molecule has 2 aromatic carbocycles.